The number of H-pyrrole nitrogens is 1. The smallest absolute Gasteiger partial charge is 0.266 e. The molecule has 122 valence electrons. The Bertz CT molecular complexity index is 959. The lowest BCUT2D eigenvalue weighted by Gasteiger charge is -2.08. The summed E-state index contributed by atoms with van der Waals surface area (Å²) in [7, 11) is 0. The lowest BCUT2D eigenvalue weighted by molar-refractivity contribution is 0.0950. The van der Waals surface area contributed by atoms with Gasteiger partial charge in [-0.05, 0) is 18.2 Å². The van der Waals surface area contributed by atoms with Gasteiger partial charge in [0.15, 0.2) is 5.82 Å². The van der Waals surface area contributed by atoms with Gasteiger partial charge in [-0.25, -0.2) is 14.3 Å². The number of nitrogens with zero attached hydrogens (tertiary/aromatic N) is 5. The van der Waals surface area contributed by atoms with Crippen molar-refractivity contribution in [2.75, 3.05) is 6.54 Å². The predicted molar refractivity (Wildman–Crippen MR) is 82.8 cm³/mol. The van der Waals surface area contributed by atoms with Crippen LogP contribution >= 0.6 is 0 Å². The lowest BCUT2D eigenvalue weighted by atomic mass is 10.2. The quantitative estimate of drug-likeness (QED) is 0.615. The van der Waals surface area contributed by atoms with Crippen molar-refractivity contribution in [1.82, 2.24) is 34.8 Å². The minimum atomic E-state index is -0.516. The molecule has 0 aliphatic carbocycles. The first-order valence-corrected chi connectivity index (χ1v) is 7.04. The molecule has 0 saturated carbocycles. The standard InChI is InChI=1S/C14H13N7O3/c22-12-4-3-11(21-9-15-8-18-21)19-20(12)7-6-17-14(24)10-2-1-5-16-13(10)23/h1-5,8-9H,6-7H2,(H,16,23)(H,17,24). The van der Waals surface area contributed by atoms with Gasteiger partial charge in [-0.15, -0.1) is 5.10 Å². The Balaban J connectivity index is 1.68. The minimum Gasteiger partial charge on any atom is -0.350 e. The molecule has 10 nitrogen and oxygen atoms in total. The normalized spacial score (nSPS) is 10.5. The molecule has 0 fully saturated rings. The highest BCUT2D eigenvalue weighted by molar-refractivity contribution is 5.93. The molecule has 0 unspecified atom stereocenters. The van der Waals surface area contributed by atoms with Crippen molar-refractivity contribution in [1.29, 1.82) is 0 Å². The molecule has 2 N–H and O–H groups in total. The summed E-state index contributed by atoms with van der Waals surface area (Å²) in [6.45, 7) is 0.290. The molecule has 0 atom stereocenters. The van der Waals surface area contributed by atoms with Gasteiger partial charge in [-0.1, -0.05) is 0 Å². The summed E-state index contributed by atoms with van der Waals surface area (Å²) in [5.74, 6) is -0.0877. The number of carbonyl (C=O) groups is 1. The first kappa shape index (κ1) is 15.3. The first-order valence-electron chi connectivity index (χ1n) is 7.04. The Labute approximate surface area is 134 Å². The van der Waals surface area contributed by atoms with Crippen molar-refractivity contribution in [3.63, 3.8) is 0 Å². The maximum atomic E-state index is 11.9. The third-order valence-corrected chi connectivity index (χ3v) is 3.18. The summed E-state index contributed by atoms with van der Waals surface area (Å²) in [6.07, 6.45) is 4.26. The molecule has 0 aliphatic heterocycles. The van der Waals surface area contributed by atoms with Gasteiger partial charge in [0, 0.05) is 18.8 Å². The van der Waals surface area contributed by atoms with Gasteiger partial charge >= 0.3 is 0 Å². The van der Waals surface area contributed by atoms with Gasteiger partial charge in [-0.3, -0.25) is 14.4 Å². The molecule has 0 aromatic carbocycles. The zero-order chi connectivity index (χ0) is 16.9. The number of rotatable bonds is 5. The fourth-order valence-electron chi connectivity index (χ4n) is 2.02. The van der Waals surface area contributed by atoms with E-state index in [1.54, 1.807) is 6.07 Å². The Morgan fingerprint density at radius 2 is 2.12 bits per heavy atom. The zero-order valence-corrected chi connectivity index (χ0v) is 12.4. The van der Waals surface area contributed by atoms with E-state index in [4.69, 9.17) is 0 Å². The van der Waals surface area contributed by atoms with E-state index in [1.165, 1.54) is 46.4 Å². The highest BCUT2D eigenvalue weighted by atomic mass is 16.2. The number of carbonyl (C=O) groups excluding carboxylic acids is 1. The van der Waals surface area contributed by atoms with Crippen molar-refractivity contribution in [2.24, 2.45) is 0 Å². The summed E-state index contributed by atoms with van der Waals surface area (Å²) in [5, 5.41) is 10.7. The van der Waals surface area contributed by atoms with Crippen molar-refractivity contribution in [3.05, 3.63) is 69.4 Å². The maximum absolute atomic E-state index is 11.9. The fourth-order valence-corrected chi connectivity index (χ4v) is 2.02. The molecule has 0 saturated heterocycles. The van der Waals surface area contributed by atoms with Crippen molar-refractivity contribution < 1.29 is 4.79 Å². The monoisotopic (exact) mass is 327 g/mol. The number of aromatic amines is 1. The Morgan fingerprint density at radius 1 is 1.25 bits per heavy atom. The number of hydrogen-bond acceptors (Lipinski definition) is 6. The van der Waals surface area contributed by atoms with Crippen LogP contribution in [-0.4, -0.2) is 42.0 Å². The lowest BCUT2D eigenvalue weighted by Crippen LogP contribution is -2.34. The van der Waals surface area contributed by atoms with Crippen LogP contribution in [0.5, 0.6) is 0 Å². The average Bonchev–Trinajstić information content (AvgIpc) is 3.11. The summed E-state index contributed by atoms with van der Waals surface area (Å²) in [6, 6.07) is 5.86. The van der Waals surface area contributed by atoms with E-state index in [0.29, 0.717) is 5.82 Å². The molecular weight excluding hydrogens is 314 g/mol. The van der Waals surface area contributed by atoms with Crippen LogP contribution in [0.3, 0.4) is 0 Å². The molecule has 3 heterocycles. The summed E-state index contributed by atoms with van der Waals surface area (Å²) in [5.41, 5.74) is -0.779. The van der Waals surface area contributed by atoms with Gasteiger partial charge in [0.2, 0.25) is 0 Å². The van der Waals surface area contributed by atoms with Crippen molar-refractivity contribution >= 4 is 5.91 Å². The molecular formula is C14H13N7O3. The molecule has 0 radical (unpaired) electrons. The van der Waals surface area contributed by atoms with Crippen LogP contribution in [0.4, 0.5) is 0 Å². The Morgan fingerprint density at radius 3 is 2.88 bits per heavy atom. The van der Waals surface area contributed by atoms with E-state index >= 15 is 0 Å². The minimum absolute atomic E-state index is 0.00849. The Hall–Kier alpha value is -3.56. The van der Waals surface area contributed by atoms with Crippen molar-refractivity contribution in [3.8, 4) is 5.82 Å². The average molecular weight is 327 g/mol. The van der Waals surface area contributed by atoms with Crippen LogP contribution in [0.1, 0.15) is 10.4 Å². The highest BCUT2D eigenvalue weighted by Gasteiger charge is 2.09. The zero-order valence-electron chi connectivity index (χ0n) is 12.4. The number of aromatic nitrogens is 6. The second-order valence-electron chi connectivity index (χ2n) is 4.76. The SMILES string of the molecule is O=C(NCCn1nc(-n2cncn2)ccc1=O)c1ccc[nH]c1=O. The predicted octanol–water partition coefficient (Wildman–Crippen LogP) is -1.06. The molecule has 0 aliphatic rings. The van der Waals surface area contributed by atoms with Crippen molar-refractivity contribution in [2.45, 2.75) is 6.54 Å². The van der Waals surface area contributed by atoms with E-state index < -0.39 is 11.5 Å². The van der Waals surface area contributed by atoms with Crippen LogP contribution in [0, 0.1) is 0 Å². The van der Waals surface area contributed by atoms with Gasteiger partial charge in [-0.2, -0.15) is 5.10 Å². The van der Waals surface area contributed by atoms with Crippen LogP contribution in [0.25, 0.3) is 5.82 Å². The van der Waals surface area contributed by atoms with Crippen LogP contribution < -0.4 is 16.4 Å². The van der Waals surface area contributed by atoms with E-state index in [2.05, 4.69) is 25.5 Å². The topological polar surface area (TPSA) is 128 Å². The van der Waals surface area contributed by atoms with E-state index in [1.807, 2.05) is 0 Å². The van der Waals surface area contributed by atoms with Crippen LogP contribution in [0.2, 0.25) is 0 Å². The third kappa shape index (κ3) is 3.27. The molecule has 3 aromatic rings. The molecule has 0 bridgehead atoms. The molecule has 1 amide bonds. The Kier molecular flexibility index (Phi) is 4.27. The van der Waals surface area contributed by atoms with Gasteiger partial charge in [0.1, 0.15) is 18.2 Å². The van der Waals surface area contributed by atoms with Gasteiger partial charge < -0.3 is 10.3 Å². The van der Waals surface area contributed by atoms with Crippen LogP contribution in [0.15, 0.2) is 52.7 Å². The number of hydrogen-bond donors (Lipinski definition) is 2. The fraction of sp³-hybridized carbons (Fsp3) is 0.143. The second-order valence-corrected chi connectivity index (χ2v) is 4.76. The van der Waals surface area contributed by atoms with Gasteiger partial charge in [0.25, 0.3) is 17.0 Å². The third-order valence-electron chi connectivity index (χ3n) is 3.18. The number of nitrogens with one attached hydrogen (secondary N) is 2. The summed E-state index contributed by atoms with van der Waals surface area (Å²) in [4.78, 5) is 41.5. The second kappa shape index (κ2) is 6.69. The molecule has 24 heavy (non-hydrogen) atoms. The molecule has 0 spiro atoms. The largest absolute Gasteiger partial charge is 0.350 e. The van der Waals surface area contributed by atoms with E-state index in [0.717, 1.165) is 0 Å². The van der Waals surface area contributed by atoms with E-state index in [9.17, 15) is 14.4 Å². The van der Waals surface area contributed by atoms with E-state index in [-0.39, 0.29) is 24.2 Å². The molecule has 3 rings (SSSR count). The summed E-state index contributed by atoms with van der Waals surface area (Å²) >= 11 is 0. The highest BCUT2D eigenvalue weighted by Crippen LogP contribution is 1.96. The maximum Gasteiger partial charge on any atom is 0.266 e. The van der Waals surface area contributed by atoms with Crippen LogP contribution in [-0.2, 0) is 6.54 Å². The molecule has 10 heteroatoms. The first-order chi connectivity index (χ1) is 11.6. The summed E-state index contributed by atoms with van der Waals surface area (Å²) < 4.78 is 2.62. The molecule has 3 aromatic heterocycles. The number of amides is 1. The number of pyridine rings is 1. The van der Waals surface area contributed by atoms with Gasteiger partial charge in [0.05, 0.1) is 6.54 Å².